The Balaban J connectivity index is 2.05. The number of nitrogen functional groups attached to an aromatic ring is 1. The largest absolute Gasteiger partial charge is 0.397 e. The van der Waals surface area contributed by atoms with Crippen LogP contribution in [-0.4, -0.2) is 14.5 Å². The number of thioether (sulfide) groups is 1. The zero-order valence-electron chi connectivity index (χ0n) is 9.13. The number of hydrogen-bond acceptors (Lipinski definition) is 4. The number of rotatable bonds is 4. The summed E-state index contributed by atoms with van der Waals surface area (Å²) in [6.07, 6.45) is 5.49. The molecule has 0 bridgehead atoms. The maximum absolute atomic E-state index is 5.82. The van der Waals surface area contributed by atoms with Crippen LogP contribution in [0.4, 0.5) is 5.69 Å². The number of pyridine rings is 1. The molecule has 0 aliphatic carbocycles. The Kier molecular flexibility index (Phi) is 3.46. The molecule has 4 nitrogen and oxygen atoms in total. The molecule has 0 aromatic carbocycles. The highest BCUT2D eigenvalue weighted by atomic mass is 32.2. The highest BCUT2D eigenvalue weighted by molar-refractivity contribution is 7.98. The maximum Gasteiger partial charge on any atom is 0.119 e. The second kappa shape index (κ2) is 5.03. The third-order valence-corrected chi connectivity index (χ3v) is 3.35. The van der Waals surface area contributed by atoms with Crippen LogP contribution >= 0.6 is 11.8 Å². The van der Waals surface area contributed by atoms with Gasteiger partial charge in [0.2, 0.25) is 0 Å². The SMILES string of the molecule is CCn1cncc1CSc1ncccc1N. The summed E-state index contributed by atoms with van der Waals surface area (Å²) in [5, 5.41) is 0.881. The lowest BCUT2D eigenvalue weighted by molar-refractivity contribution is 0.733. The van der Waals surface area contributed by atoms with E-state index in [1.54, 1.807) is 18.0 Å². The molecule has 0 aliphatic heterocycles. The smallest absolute Gasteiger partial charge is 0.119 e. The summed E-state index contributed by atoms with van der Waals surface area (Å²) in [6, 6.07) is 3.71. The van der Waals surface area contributed by atoms with Gasteiger partial charge in [-0.25, -0.2) is 9.97 Å². The first-order valence-electron chi connectivity index (χ1n) is 5.13. The predicted molar refractivity (Wildman–Crippen MR) is 66.1 cm³/mol. The van der Waals surface area contributed by atoms with Gasteiger partial charge in [0.15, 0.2) is 0 Å². The summed E-state index contributed by atoms with van der Waals surface area (Å²) in [6.45, 7) is 3.04. The van der Waals surface area contributed by atoms with Gasteiger partial charge >= 0.3 is 0 Å². The Morgan fingerprint density at radius 3 is 3.12 bits per heavy atom. The molecule has 2 rings (SSSR count). The van der Waals surface area contributed by atoms with Gasteiger partial charge in [-0.15, -0.1) is 0 Å². The molecular formula is C11H14N4S. The van der Waals surface area contributed by atoms with Gasteiger partial charge < -0.3 is 10.3 Å². The van der Waals surface area contributed by atoms with Crippen molar-refractivity contribution in [1.29, 1.82) is 0 Å². The Morgan fingerprint density at radius 2 is 2.38 bits per heavy atom. The van der Waals surface area contributed by atoms with E-state index in [9.17, 15) is 0 Å². The first kappa shape index (κ1) is 11.0. The van der Waals surface area contributed by atoms with E-state index in [1.807, 2.05) is 24.7 Å². The third-order valence-electron chi connectivity index (χ3n) is 2.30. The molecule has 2 heterocycles. The summed E-state index contributed by atoms with van der Waals surface area (Å²) in [5.74, 6) is 0.842. The summed E-state index contributed by atoms with van der Waals surface area (Å²) in [5.41, 5.74) is 7.75. The third kappa shape index (κ3) is 2.36. The quantitative estimate of drug-likeness (QED) is 0.824. The molecule has 0 amide bonds. The highest BCUT2D eigenvalue weighted by Crippen LogP contribution is 2.25. The summed E-state index contributed by atoms with van der Waals surface area (Å²) in [7, 11) is 0. The van der Waals surface area contributed by atoms with E-state index in [-0.39, 0.29) is 0 Å². The molecule has 0 fully saturated rings. The van der Waals surface area contributed by atoms with Crippen LogP contribution in [0.25, 0.3) is 0 Å². The summed E-state index contributed by atoms with van der Waals surface area (Å²) < 4.78 is 2.12. The molecule has 0 radical (unpaired) electrons. The zero-order valence-corrected chi connectivity index (χ0v) is 9.94. The van der Waals surface area contributed by atoms with Gasteiger partial charge in [-0.1, -0.05) is 11.8 Å². The monoisotopic (exact) mass is 234 g/mol. The second-order valence-corrected chi connectivity index (χ2v) is 4.32. The number of aromatic nitrogens is 3. The van der Waals surface area contributed by atoms with Gasteiger partial charge in [-0.2, -0.15) is 0 Å². The van der Waals surface area contributed by atoms with Crippen molar-refractivity contribution in [3.63, 3.8) is 0 Å². The fraction of sp³-hybridized carbons (Fsp3) is 0.273. The van der Waals surface area contributed by atoms with Crippen LogP contribution in [0.5, 0.6) is 0 Å². The van der Waals surface area contributed by atoms with Crippen LogP contribution in [0.1, 0.15) is 12.6 Å². The topological polar surface area (TPSA) is 56.7 Å². The molecule has 5 heteroatoms. The zero-order chi connectivity index (χ0) is 11.4. The minimum absolute atomic E-state index is 0.732. The van der Waals surface area contributed by atoms with Crippen molar-refractivity contribution in [2.75, 3.05) is 5.73 Å². The molecule has 0 atom stereocenters. The molecule has 0 saturated heterocycles. The van der Waals surface area contributed by atoms with Gasteiger partial charge in [0.1, 0.15) is 5.03 Å². The molecule has 0 spiro atoms. The Labute approximate surface area is 98.9 Å². The Morgan fingerprint density at radius 1 is 1.50 bits per heavy atom. The lowest BCUT2D eigenvalue weighted by Crippen LogP contribution is -1.98. The molecular weight excluding hydrogens is 220 g/mol. The van der Waals surface area contributed by atoms with E-state index in [4.69, 9.17) is 5.73 Å². The fourth-order valence-electron chi connectivity index (χ4n) is 1.42. The van der Waals surface area contributed by atoms with Crippen LogP contribution in [-0.2, 0) is 12.3 Å². The van der Waals surface area contributed by atoms with E-state index in [1.165, 1.54) is 5.69 Å². The Bertz CT molecular complexity index is 467. The molecule has 2 aromatic heterocycles. The normalized spacial score (nSPS) is 10.6. The van der Waals surface area contributed by atoms with E-state index in [2.05, 4.69) is 21.5 Å². The van der Waals surface area contributed by atoms with Crippen molar-refractivity contribution in [2.45, 2.75) is 24.2 Å². The summed E-state index contributed by atoms with van der Waals surface area (Å²) >= 11 is 1.64. The average Bonchev–Trinajstić information content (AvgIpc) is 2.75. The lowest BCUT2D eigenvalue weighted by Gasteiger charge is -2.05. The van der Waals surface area contributed by atoms with Crippen molar-refractivity contribution in [3.05, 3.63) is 36.5 Å². The van der Waals surface area contributed by atoms with E-state index in [0.29, 0.717) is 0 Å². The van der Waals surface area contributed by atoms with Crippen molar-refractivity contribution in [3.8, 4) is 0 Å². The van der Waals surface area contributed by atoms with Crippen molar-refractivity contribution in [2.24, 2.45) is 0 Å². The van der Waals surface area contributed by atoms with Gasteiger partial charge in [0.25, 0.3) is 0 Å². The van der Waals surface area contributed by atoms with Crippen LogP contribution in [0.2, 0.25) is 0 Å². The number of nitrogens with zero attached hydrogens (tertiary/aromatic N) is 3. The molecule has 16 heavy (non-hydrogen) atoms. The second-order valence-electron chi connectivity index (χ2n) is 3.36. The molecule has 2 aromatic rings. The first-order valence-corrected chi connectivity index (χ1v) is 6.12. The van der Waals surface area contributed by atoms with Gasteiger partial charge in [-0.3, -0.25) is 0 Å². The number of nitrogens with two attached hydrogens (primary N) is 1. The molecule has 0 saturated carbocycles. The summed E-state index contributed by atoms with van der Waals surface area (Å²) in [4.78, 5) is 8.37. The highest BCUT2D eigenvalue weighted by Gasteiger charge is 2.04. The molecule has 0 unspecified atom stereocenters. The lowest BCUT2D eigenvalue weighted by atomic mass is 10.4. The molecule has 0 aliphatic rings. The van der Waals surface area contributed by atoms with Gasteiger partial charge in [0.05, 0.1) is 12.0 Å². The van der Waals surface area contributed by atoms with Gasteiger partial charge in [-0.05, 0) is 19.1 Å². The fourth-order valence-corrected chi connectivity index (χ4v) is 2.31. The van der Waals surface area contributed by atoms with Crippen LogP contribution in [0.15, 0.2) is 35.9 Å². The minimum Gasteiger partial charge on any atom is -0.397 e. The van der Waals surface area contributed by atoms with Crippen molar-refractivity contribution in [1.82, 2.24) is 14.5 Å². The van der Waals surface area contributed by atoms with Crippen LogP contribution in [0, 0.1) is 0 Å². The maximum atomic E-state index is 5.82. The van der Waals surface area contributed by atoms with Crippen LogP contribution < -0.4 is 5.73 Å². The standard InChI is InChI=1S/C11H14N4S/c1-2-15-8-13-6-9(15)7-16-11-10(12)4-3-5-14-11/h3-6,8H,2,7,12H2,1H3. The number of aryl methyl sites for hydroxylation is 1. The molecule has 84 valence electrons. The van der Waals surface area contributed by atoms with E-state index >= 15 is 0 Å². The Hall–Kier alpha value is -1.49. The first-order chi connectivity index (χ1) is 7.81. The number of anilines is 1. The van der Waals surface area contributed by atoms with E-state index < -0.39 is 0 Å². The van der Waals surface area contributed by atoms with Crippen molar-refractivity contribution >= 4 is 17.4 Å². The van der Waals surface area contributed by atoms with Crippen molar-refractivity contribution < 1.29 is 0 Å². The van der Waals surface area contributed by atoms with Gasteiger partial charge in [0, 0.05) is 30.4 Å². The van der Waals surface area contributed by atoms with E-state index in [0.717, 1.165) is 23.0 Å². The number of hydrogen-bond donors (Lipinski definition) is 1. The number of imidazole rings is 1. The molecule has 2 N–H and O–H groups in total. The minimum atomic E-state index is 0.732. The van der Waals surface area contributed by atoms with Crippen LogP contribution in [0.3, 0.4) is 0 Å². The average molecular weight is 234 g/mol. The predicted octanol–water partition coefficient (Wildman–Crippen LogP) is 2.17.